The van der Waals surface area contributed by atoms with E-state index in [0.717, 1.165) is 11.3 Å². The summed E-state index contributed by atoms with van der Waals surface area (Å²) < 4.78 is 32.5. The van der Waals surface area contributed by atoms with Gasteiger partial charge in [0.1, 0.15) is 12.4 Å². The summed E-state index contributed by atoms with van der Waals surface area (Å²) in [4.78, 5) is 12.6. The Morgan fingerprint density at radius 2 is 1.71 bits per heavy atom. The Bertz CT molecular complexity index is 874. The van der Waals surface area contributed by atoms with Crippen LogP contribution >= 0.6 is 0 Å². The molecule has 7 heteroatoms. The number of nitrogens with zero attached hydrogens (tertiary/aromatic N) is 1. The van der Waals surface area contributed by atoms with Gasteiger partial charge in [-0.05, 0) is 44.0 Å². The minimum atomic E-state index is -3.50. The summed E-state index contributed by atoms with van der Waals surface area (Å²) in [6, 6.07) is 16.3. The number of rotatable bonds is 7. The number of carbonyl (C=O) groups excluding carboxylic acids is 1. The summed E-state index contributed by atoms with van der Waals surface area (Å²) >= 11 is 0. The molecule has 1 aliphatic heterocycles. The second-order valence-electron chi connectivity index (χ2n) is 6.94. The number of aryl methyl sites for hydroxylation is 1. The van der Waals surface area contributed by atoms with Gasteiger partial charge in [0.05, 0.1) is 11.4 Å². The van der Waals surface area contributed by atoms with Gasteiger partial charge in [-0.2, -0.15) is 4.31 Å². The van der Waals surface area contributed by atoms with Crippen molar-refractivity contribution in [1.29, 1.82) is 0 Å². The third-order valence-electron chi connectivity index (χ3n) is 4.90. The van der Waals surface area contributed by atoms with E-state index in [4.69, 9.17) is 4.74 Å². The molecule has 0 bridgehead atoms. The van der Waals surface area contributed by atoms with Gasteiger partial charge in [0.25, 0.3) is 0 Å². The van der Waals surface area contributed by atoms with Crippen molar-refractivity contribution in [2.24, 2.45) is 5.92 Å². The van der Waals surface area contributed by atoms with Crippen molar-refractivity contribution in [2.45, 2.75) is 24.7 Å². The average Bonchev–Trinajstić information content (AvgIpc) is 2.72. The van der Waals surface area contributed by atoms with Gasteiger partial charge in [0.15, 0.2) is 0 Å². The van der Waals surface area contributed by atoms with Crippen LogP contribution in [0.2, 0.25) is 0 Å². The van der Waals surface area contributed by atoms with E-state index in [1.807, 2.05) is 37.3 Å². The number of hydrogen-bond acceptors (Lipinski definition) is 4. The molecule has 0 radical (unpaired) electrons. The van der Waals surface area contributed by atoms with E-state index >= 15 is 0 Å². The van der Waals surface area contributed by atoms with Gasteiger partial charge in [-0.1, -0.05) is 35.9 Å². The fourth-order valence-corrected chi connectivity index (χ4v) is 4.69. The number of hydrogen-bond donors (Lipinski definition) is 1. The van der Waals surface area contributed by atoms with Crippen LogP contribution in [-0.2, 0) is 14.8 Å². The predicted molar refractivity (Wildman–Crippen MR) is 108 cm³/mol. The third kappa shape index (κ3) is 5.11. The highest BCUT2D eigenvalue weighted by Crippen LogP contribution is 2.24. The molecule has 28 heavy (non-hydrogen) atoms. The number of ether oxygens (including phenoxy) is 1. The first-order valence-corrected chi connectivity index (χ1v) is 10.9. The Hall–Kier alpha value is -2.38. The van der Waals surface area contributed by atoms with Gasteiger partial charge in [-0.25, -0.2) is 8.42 Å². The maximum Gasteiger partial charge on any atom is 0.243 e. The van der Waals surface area contributed by atoms with Crippen molar-refractivity contribution < 1.29 is 17.9 Å². The van der Waals surface area contributed by atoms with E-state index in [1.54, 1.807) is 24.3 Å². The molecule has 6 nitrogen and oxygen atoms in total. The SMILES string of the molecule is Cc1ccc(S(=O)(=O)N2CCC(C(=O)NCCOc3ccccc3)CC2)cc1. The molecule has 3 rings (SSSR count). The van der Waals surface area contributed by atoms with Crippen molar-refractivity contribution in [2.75, 3.05) is 26.2 Å². The minimum Gasteiger partial charge on any atom is -0.492 e. The summed E-state index contributed by atoms with van der Waals surface area (Å²) in [6.45, 7) is 3.46. The molecule has 0 unspecified atom stereocenters. The number of para-hydroxylation sites is 1. The van der Waals surface area contributed by atoms with Gasteiger partial charge in [0, 0.05) is 19.0 Å². The van der Waals surface area contributed by atoms with Crippen molar-refractivity contribution in [1.82, 2.24) is 9.62 Å². The first-order valence-electron chi connectivity index (χ1n) is 9.49. The second kappa shape index (κ2) is 9.21. The molecule has 150 valence electrons. The van der Waals surface area contributed by atoms with E-state index in [9.17, 15) is 13.2 Å². The van der Waals surface area contributed by atoms with Crippen LogP contribution < -0.4 is 10.1 Å². The van der Waals surface area contributed by atoms with E-state index in [2.05, 4.69) is 5.32 Å². The summed E-state index contributed by atoms with van der Waals surface area (Å²) in [7, 11) is -3.50. The molecular formula is C21H26N2O4S. The average molecular weight is 403 g/mol. The fraction of sp³-hybridized carbons (Fsp3) is 0.381. The summed E-state index contributed by atoms with van der Waals surface area (Å²) in [5, 5.41) is 2.88. The molecule has 1 heterocycles. The molecule has 1 saturated heterocycles. The van der Waals surface area contributed by atoms with E-state index in [1.165, 1.54) is 4.31 Å². The fourth-order valence-electron chi connectivity index (χ4n) is 3.22. The molecule has 2 aromatic rings. The van der Waals surface area contributed by atoms with Gasteiger partial charge in [0.2, 0.25) is 15.9 Å². The molecule has 0 aliphatic carbocycles. The second-order valence-corrected chi connectivity index (χ2v) is 8.88. The van der Waals surface area contributed by atoms with E-state index in [-0.39, 0.29) is 11.8 Å². The molecule has 0 saturated carbocycles. The number of nitrogens with one attached hydrogen (secondary N) is 1. The lowest BCUT2D eigenvalue weighted by Gasteiger charge is -2.30. The Morgan fingerprint density at radius 1 is 1.07 bits per heavy atom. The molecule has 0 aromatic heterocycles. The minimum absolute atomic E-state index is 0.0379. The maximum absolute atomic E-state index is 12.7. The van der Waals surface area contributed by atoms with Gasteiger partial charge in [-0.3, -0.25) is 4.79 Å². The van der Waals surface area contributed by atoms with E-state index in [0.29, 0.717) is 44.0 Å². The van der Waals surface area contributed by atoms with Crippen molar-refractivity contribution in [3.05, 3.63) is 60.2 Å². The Morgan fingerprint density at radius 3 is 2.36 bits per heavy atom. The largest absolute Gasteiger partial charge is 0.492 e. The molecule has 1 amide bonds. The van der Waals surface area contributed by atoms with Crippen LogP contribution in [-0.4, -0.2) is 44.9 Å². The number of piperidine rings is 1. The first-order chi connectivity index (χ1) is 13.5. The van der Waals surface area contributed by atoms with Crippen molar-refractivity contribution >= 4 is 15.9 Å². The summed E-state index contributed by atoms with van der Waals surface area (Å²) in [5.74, 6) is 0.566. The first kappa shape index (κ1) is 20.4. The maximum atomic E-state index is 12.7. The topological polar surface area (TPSA) is 75.7 Å². The smallest absolute Gasteiger partial charge is 0.243 e. The normalized spacial score (nSPS) is 15.9. The molecule has 1 fully saturated rings. The highest BCUT2D eigenvalue weighted by atomic mass is 32.2. The number of carbonyl (C=O) groups is 1. The molecule has 1 N–H and O–H groups in total. The predicted octanol–water partition coefficient (Wildman–Crippen LogP) is 2.59. The van der Waals surface area contributed by atoms with Crippen LogP contribution in [0.25, 0.3) is 0 Å². The zero-order chi connectivity index (χ0) is 20.0. The van der Waals surface area contributed by atoms with Crippen LogP contribution in [0.5, 0.6) is 5.75 Å². The van der Waals surface area contributed by atoms with Gasteiger partial charge in [-0.15, -0.1) is 0 Å². The summed E-state index contributed by atoms with van der Waals surface area (Å²) in [5.41, 5.74) is 1.02. The molecule has 2 aromatic carbocycles. The lowest BCUT2D eigenvalue weighted by atomic mass is 9.97. The highest BCUT2D eigenvalue weighted by molar-refractivity contribution is 7.89. The van der Waals surface area contributed by atoms with Crippen LogP contribution in [0, 0.1) is 12.8 Å². The van der Waals surface area contributed by atoms with Crippen LogP contribution in [0.1, 0.15) is 18.4 Å². The van der Waals surface area contributed by atoms with Gasteiger partial charge >= 0.3 is 0 Å². The third-order valence-corrected chi connectivity index (χ3v) is 6.81. The number of sulfonamides is 1. The Labute approximate surface area is 166 Å². The highest BCUT2D eigenvalue weighted by Gasteiger charge is 2.31. The molecular weight excluding hydrogens is 376 g/mol. The van der Waals surface area contributed by atoms with Crippen molar-refractivity contribution in [3.63, 3.8) is 0 Å². The monoisotopic (exact) mass is 402 g/mol. The lowest BCUT2D eigenvalue weighted by Crippen LogP contribution is -2.43. The zero-order valence-corrected chi connectivity index (χ0v) is 16.8. The molecule has 0 spiro atoms. The number of benzene rings is 2. The molecule has 1 aliphatic rings. The van der Waals surface area contributed by atoms with Crippen LogP contribution in [0.4, 0.5) is 0 Å². The standard InChI is InChI=1S/C21H26N2O4S/c1-17-7-9-20(10-8-17)28(25,26)23-14-11-18(12-15-23)21(24)22-13-16-27-19-5-3-2-4-6-19/h2-10,18H,11-16H2,1H3,(H,22,24). The zero-order valence-electron chi connectivity index (χ0n) is 16.0. The van der Waals surface area contributed by atoms with Crippen molar-refractivity contribution in [3.8, 4) is 5.75 Å². The number of amides is 1. The van der Waals surface area contributed by atoms with E-state index < -0.39 is 10.0 Å². The Balaban J connectivity index is 1.44. The molecule has 0 atom stereocenters. The quantitative estimate of drug-likeness (QED) is 0.723. The lowest BCUT2D eigenvalue weighted by molar-refractivity contribution is -0.126. The van der Waals surface area contributed by atoms with Crippen LogP contribution in [0.15, 0.2) is 59.5 Å². The Kier molecular flexibility index (Phi) is 6.70. The van der Waals surface area contributed by atoms with Gasteiger partial charge < -0.3 is 10.1 Å². The summed E-state index contributed by atoms with van der Waals surface area (Å²) in [6.07, 6.45) is 1.05. The van der Waals surface area contributed by atoms with Crippen LogP contribution in [0.3, 0.4) is 0 Å².